The van der Waals surface area contributed by atoms with E-state index in [2.05, 4.69) is 10.3 Å². The summed E-state index contributed by atoms with van der Waals surface area (Å²) in [6.07, 6.45) is 5.45. The molecule has 1 heterocycles. The van der Waals surface area contributed by atoms with Crippen LogP contribution >= 0.6 is 11.3 Å². The highest BCUT2D eigenvalue weighted by Gasteiger charge is 2.31. The zero-order valence-electron chi connectivity index (χ0n) is 12.2. The minimum Gasteiger partial charge on any atom is -0.310 e. The van der Waals surface area contributed by atoms with Crippen LogP contribution in [0.5, 0.6) is 0 Å². The van der Waals surface area contributed by atoms with E-state index in [0.29, 0.717) is 5.52 Å². The second-order valence-electron chi connectivity index (χ2n) is 5.65. The van der Waals surface area contributed by atoms with Crippen LogP contribution < -0.4 is 5.32 Å². The number of halogens is 1. The van der Waals surface area contributed by atoms with Gasteiger partial charge in [-0.25, -0.2) is 17.8 Å². The van der Waals surface area contributed by atoms with Gasteiger partial charge in [-0.15, -0.1) is 11.3 Å². The van der Waals surface area contributed by atoms with Crippen molar-refractivity contribution >= 4 is 31.4 Å². The quantitative estimate of drug-likeness (QED) is 0.906. The molecule has 1 aromatic carbocycles. The van der Waals surface area contributed by atoms with Gasteiger partial charge >= 0.3 is 0 Å². The minimum atomic E-state index is -4.02. The summed E-state index contributed by atoms with van der Waals surface area (Å²) in [5.41, 5.74) is -1.35. The first kappa shape index (κ1) is 15.8. The number of para-hydroxylation sites is 1. The monoisotopic (exact) mass is 342 g/mol. The van der Waals surface area contributed by atoms with Gasteiger partial charge in [0.2, 0.25) is 19.7 Å². The SMILES string of the molecule is O=S(=O)(c1nc2ccccc2s1)C(F)CNC1CCCCC1. The number of hydrogen-bond donors (Lipinski definition) is 1. The fourth-order valence-electron chi connectivity index (χ4n) is 2.76. The van der Waals surface area contributed by atoms with E-state index in [0.717, 1.165) is 41.7 Å². The Bertz CT molecular complexity index is 706. The average molecular weight is 342 g/mol. The van der Waals surface area contributed by atoms with Crippen molar-refractivity contribution in [2.45, 2.75) is 48.0 Å². The number of benzene rings is 1. The molecule has 0 bridgehead atoms. The van der Waals surface area contributed by atoms with E-state index in [9.17, 15) is 12.8 Å². The Morgan fingerprint density at radius 1 is 1.27 bits per heavy atom. The molecule has 2 aromatic rings. The van der Waals surface area contributed by atoms with Crippen molar-refractivity contribution in [3.63, 3.8) is 0 Å². The maximum Gasteiger partial charge on any atom is 0.238 e. The van der Waals surface area contributed by atoms with Gasteiger partial charge in [0.15, 0.2) is 0 Å². The van der Waals surface area contributed by atoms with Gasteiger partial charge in [0.25, 0.3) is 0 Å². The summed E-state index contributed by atoms with van der Waals surface area (Å²) < 4.78 is 39.5. The van der Waals surface area contributed by atoms with Crippen molar-refractivity contribution in [2.75, 3.05) is 6.54 Å². The van der Waals surface area contributed by atoms with Crippen LogP contribution in [0.2, 0.25) is 0 Å². The van der Waals surface area contributed by atoms with Crippen molar-refractivity contribution in [3.05, 3.63) is 24.3 Å². The molecule has 1 aromatic heterocycles. The molecule has 1 fully saturated rings. The number of sulfone groups is 1. The van der Waals surface area contributed by atoms with E-state index in [1.165, 1.54) is 6.42 Å². The molecule has 4 nitrogen and oxygen atoms in total. The molecule has 1 unspecified atom stereocenters. The van der Waals surface area contributed by atoms with Gasteiger partial charge in [-0.05, 0) is 25.0 Å². The largest absolute Gasteiger partial charge is 0.310 e. The fraction of sp³-hybridized carbons (Fsp3) is 0.533. The molecule has 22 heavy (non-hydrogen) atoms. The first-order valence-corrected chi connectivity index (χ1v) is 9.90. The van der Waals surface area contributed by atoms with Crippen molar-refractivity contribution in [2.24, 2.45) is 0 Å². The Kier molecular flexibility index (Phi) is 4.75. The van der Waals surface area contributed by atoms with E-state index in [1.54, 1.807) is 18.2 Å². The third kappa shape index (κ3) is 3.31. The van der Waals surface area contributed by atoms with Crippen LogP contribution in [-0.2, 0) is 9.84 Å². The van der Waals surface area contributed by atoms with Gasteiger partial charge in [0.05, 0.1) is 10.2 Å². The summed E-state index contributed by atoms with van der Waals surface area (Å²) in [7, 11) is -4.02. The molecule has 7 heteroatoms. The number of aromatic nitrogens is 1. The lowest BCUT2D eigenvalue weighted by Gasteiger charge is -2.23. The maximum atomic E-state index is 14.3. The van der Waals surface area contributed by atoms with E-state index >= 15 is 0 Å². The van der Waals surface area contributed by atoms with Crippen LogP contribution in [0, 0.1) is 0 Å². The predicted octanol–water partition coefficient (Wildman–Crippen LogP) is 3.29. The van der Waals surface area contributed by atoms with Crippen LogP contribution in [0.25, 0.3) is 10.2 Å². The van der Waals surface area contributed by atoms with Crippen LogP contribution in [-0.4, -0.2) is 31.5 Å². The average Bonchev–Trinajstić information content (AvgIpc) is 2.98. The zero-order chi connectivity index (χ0) is 15.6. The van der Waals surface area contributed by atoms with Crippen molar-refractivity contribution in [1.29, 1.82) is 0 Å². The number of hydrogen-bond acceptors (Lipinski definition) is 5. The highest BCUT2D eigenvalue weighted by molar-refractivity contribution is 7.93. The lowest BCUT2D eigenvalue weighted by atomic mass is 9.96. The van der Waals surface area contributed by atoms with Crippen LogP contribution in [0.3, 0.4) is 0 Å². The molecule has 3 rings (SSSR count). The van der Waals surface area contributed by atoms with Gasteiger partial charge in [-0.1, -0.05) is 31.4 Å². The van der Waals surface area contributed by atoms with E-state index < -0.39 is 15.3 Å². The number of thiazole rings is 1. The Morgan fingerprint density at radius 3 is 2.73 bits per heavy atom. The third-order valence-corrected chi connectivity index (χ3v) is 7.22. The maximum absolute atomic E-state index is 14.3. The predicted molar refractivity (Wildman–Crippen MR) is 86.6 cm³/mol. The first-order valence-electron chi connectivity index (χ1n) is 7.54. The van der Waals surface area contributed by atoms with Gasteiger partial charge in [0.1, 0.15) is 0 Å². The Balaban J connectivity index is 1.70. The second-order valence-corrected chi connectivity index (χ2v) is 8.92. The number of alkyl halides is 1. The Morgan fingerprint density at radius 2 is 2.00 bits per heavy atom. The minimum absolute atomic E-state index is 0.133. The number of nitrogens with zero attached hydrogens (tertiary/aromatic N) is 1. The molecule has 1 aliphatic rings. The molecule has 1 saturated carbocycles. The fourth-order valence-corrected chi connectivity index (χ4v) is 5.26. The molecule has 1 aliphatic carbocycles. The first-order chi connectivity index (χ1) is 10.6. The lowest BCUT2D eigenvalue weighted by Crippen LogP contribution is -2.38. The summed E-state index contributed by atoms with van der Waals surface area (Å²) in [6.45, 7) is -0.164. The van der Waals surface area contributed by atoms with Crippen molar-refractivity contribution < 1.29 is 12.8 Å². The normalized spacial score (nSPS) is 18.6. The Hall–Kier alpha value is -1.05. The molecule has 0 spiro atoms. The molecular formula is C15H19FN2O2S2. The molecule has 0 aliphatic heterocycles. The summed E-state index contributed by atoms with van der Waals surface area (Å²) in [4.78, 5) is 4.06. The van der Waals surface area contributed by atoms with Gasteiger partial charge in [0, 0.05) is 12.6 Å². The summed E-state index contributed by atoms with van der Waals surface area (Å²) in [5.74, 6) is 0. The highest BCUT2D eigenvalue weighted by Crippen LogP contribution is 2.28. The smallest absolute Gasteiger partial charge is 0.238 e. The van der Waals surface area contributed by atoms with Gasteiger partial charge in [-0.2, -0.15) is 0 Å². The van der Waals surface area contributed by atoms with Crippen LogP contribution in [0.1, 0.15) is 32.1 Å². The van der Waals surface area contributed by atoms with E-state index in [-0.39, 0.29) is 16.9 Å². The molecule has 0 saturated heterocycles. The van der Waals surface area contributed by atoms with E-state index in [4.69, 9.17) is 0 Å². The van der Waals surface area contributed by atoms with Crippen LogP contribution in [0.4, 0.5) is 4.39 Å². The van der Waals surface area contributed by atoms with Crippen LogP contribution in [0.15, 0.2) is 28.6 Å². The Labute approximate surface area is 133 Å². The number of fused-ring (bicyclic) bond motifs is 1. The van der Waals surface area contributed by atoms with Crippen molar-refractivity contribution in [1.82, 2.24) is 10.3 Å². The van der Waals surface area contributed by atoms with Gasteiger partial charge in [-0.3, -0.25) is 0 Å². The molecular weight excluding hydrogens is 323 g/mol. The highest BCUT2D eigenvalue weighted by atomic mass is 32.2. The van der Waals surface area contributed by atoms with Gasteiger partial charge < -0.3 is 5.32 Å². The molecule has 0 radical (unpaired) electrons. The summed E-state index contributed by atoms with van der Waals surface area (Å²) in [6, 6.07) is 7.36. The molecule has 120 valence electrons. The third-order valence-electron chi connectivity index (χ3n) is 4.03. The summed E-state index contributed by atoms with van der Waals surface area (Å²) in [5, 5.41) is 3.05. The number of rotatable bonds is 5. The number of nitrogens with one attached hydrogen (secondary N) is 1. The summed E-state index contributed by atoms with van der Waals surface area (Å²) >= 11 is 1.03. The lowest BCUT2D eigenvalue weighted by molar-refractivity contribution is 0.332. The molecule has 1 atom stereocenters. The molecule has 1 N–H and O–H groups in total. The van der Waals surface area contributed by atoms with E-state index in [1.807, 2.05) is 6.07 Å². The van der Waals surface area contributed by atoms with Crippen molar-refractivity contribution in [3.8, 4) is 0 Å². The molecule has 0 amide bonds. The topological polar surface area (TPSA) is 59.1 Å². The second kappa shape index (κ2) is 6.60. The standard InChI is InChI=1S/C15H19FN2O2S2/c16-14(10-17-11-6-2-1-3-7-11)22(19,20)15-18-12-8-4-5-9-13(12)21-15/h4-5,8-9,11,14,17H,1-3,6-7,10H2. The zero-order valence-corrected chi connectivity index (χ0v) is 13.8.